The van der Waals surface area contributed by atoms with E-state index in [1.807, 2.05) is 30.3 Å². The summed E-state index contributed by atoms with van der Waals surface area (Å²) in [5.41, 5.74) is 2.51. The standard InChI is InChI=1S/C28H19Cl2FN2O2S/c29-19-11-8-17(9-12-19)15-32-27(34)18-10-13-26-24(14-18)33(16-21-22(30)5-3-6-23(21)31)28(35)20-4-1-2-7-25(20)36-26/h1-14H,15-16H2,(H,32,34). The maximum absolute atomic E-state index is 14.7. The van der Waals surface area contributed by atoms with E-state index in [9.17, 15) is 14.0 Å². The first-order valence-electron chi connectivity index (χ1n) is 11.1. The summed E-state index contributed by atoms with van der Waals surface area (Å²) in [7, 11) is 0. The van der Waals surface area contributed by atoms with E-state index in [4.69, 9.17) is 23.2 Å². The number of rotatable bonds is 5. The van der Waals surface area contributed by atoms with E-state index in [2.05, 4.69) is 5.32 Å². The highest BCUT2D eigenvalue weighted by Gasteiger charge is 2.29. The van der Waals surface area contributed by atoms with Crippen LogP contribution in [0.3, 0.4) is 0 Å². The van der Waals surface area contributed by atoms with Crippen LogP contribution in [0.5, 0.6) is 0 Å². The fourth-order valence-corrected chi connectivity index (χ4v) is 5.35. The molecule has 1 aliphatic rings. The number of nitrogens with zero attached hydrogens (tertiary/aromatic N) is 1. The Morgan fingerprint density at radius 2 is 1.69 bits per heavy atom. The molecule has 180 valence electrons. The average Bonchev–Trinajstić information content (AvgIpc) is 2.99. The molecule has 0 radical (unpaired) electrons. The van der Waals surface area contributed by atoms with E-state index in [1.54, 1.807) is 42.5 Å². The lowest BCUT2D eigenvalue weighted by atomic mass is 10.1. The molecule has 0 aromatic heterocycles. The van der Waals surface area contributed by atoms with Crippen molar-refractivity contribution in [1.29, 1.82) is 0 Å². The van der Waals surface area contributed by atoms with Crippen molar-refractivity contribution in [3.05, 3.63) is 123 Å². The lowest BCUT2D eigenvalue weighted by molar-refractivity contribution is 0.0947. The second-order valence-corrected chi connectivity index (χ2v) is 10.1. The molecule has 0 unspecified atom stereocenters. The van der Waals surface area contributed by atoms with E-state index in [0.29, 0.717) is 28.4 Å². The molecule has 0 spiro atoms. The van der Waals surface area contributed by atoms with Crippen molar-refractivity contribution in [3.63, 3.8) is 0 Å². The van der Waals surface area contributed by atoms with Crippen LogP contribution in [-0.2, 0) is 13.1 Å². The Hall–Kier alpha value is -3.32. The van der Waals surface area contributed by atoms with Crippen LogP contribution in [0.2, 0.25) is 10.0 Å². The van der Waals surface area contributed by atoms with Crippen LogP contribution >= 0.6 is 35.0 Å². The molecular weight excluding hydrogens is 518 g/mol. The number of carbonyl (C=O) groups is 2. The highest BCUT2D eigenvalue weighted by molar-refractivity contribution is 7.99. The first-order valence-corrected chi connectivity index (χ1v) is 12.7. The van der Waals surface area contributed by atoms with Gasteiger partial charge in [0.25, 0.3) is 11.8 Å². The van der Waals surface area contributed by atoms with Gasteiger partial charge in [0.05, 0.1) is 17.8 Å². The third-order valence-corrected chi connectivity index (χ3v) is 7.59. The molecule has 0 atom stereocenters. The number of hydrogen-bond acceptors (Lipinski definition) is 3. The smallest absolute Gasteiger partial charge is 0.259 e. The summed E-state index contributed by atoms with van der Waals surface area (Å²) in [5.74, 6) is -1.09. The van der Waals surface area contributed by atoms with E-state index < -0.39 is 5.82 Å². The minimum absolute atomic E-state index is 0.0813. The highest BCUT2D eigenvalue weighted by Crippen LogP contribution is 2.42. The molecule has 1 N–H and O–H groups in total. The van der Waals surface area contributed by atoms with Crippen molar-refractivity contribution in [2.24, 2.45) is 0 Å². The Morgan fingerprint density at radius 3 is 2.47 bits per heavy atom. The maximum atomic E-state index is 14.7. The van der Waals surface area contributed by atoms with Gasteiger partial charge in [0.15, 0.2) is 0 Å². The molecule has 0 saturated heterocycles. The molecule has 2 amide bonds. The Bertz CT molecular complexity index is 1460. The van der Waals surface area contributed by atoms with Crippen molar-refractivity contribution in [2.75, 3.05) is 4.90 Å². The molecular formula is C28H19Cl2FN2O2S. The summed E-state index contributed by atoms with van der Waals surface area (Å²) in [4.78, 5) is 29.7. The normalized spacial score (nSPS) is 12.5. The van der Waals surface area contributed by atoms with E-state index in [0.717, 1.165) is 15.4 Å². The van der Waals surface area contributed by atoms with Gasteiger partial charge in [-0.25, -0.2) is 4.39 Å². The van der Waals surface area contributed by atoms with Gasteiger partial charge >= 0.3 is 0 Å². The third-order valence-electron chi connectivity index (χ3n) is 5.84. The Kier molecular flexibility index (Phi) is 7.01. The molecule has 4 aromatic carbocycles. The van der Waals surface area contributed by atoms with Gasteiger partial charge in [-0.3, -0.25) is 9.59 Å². The fourth-order valence-electron chi connectivity index (χ4n) is 3.95. The predicted octanol–water partition coefficient (Wildman–Crippen LogP) is 7.37. The second-order valence-electron chi connectivity index (χ2n) is 8.18. The number of halogens is 3. The lowest BCUT2D eigenvalue weighted by Gasteiger charge is -2.24. The topological polar surface area (TPSA) is 49.4 Å². The fraction of sp³-hybridized carbons (Fsp3) is 0.0714. The molecule has 0 aliphatic carbocycles. The van der Waals surface area contributed by atoms with Crippen LogP contribution in [0.15, 0.2) is 94.7 Å². The van der Waals surface area contributed by atoms with Crippen LogP contribution in [0, 0.1) is 5.82 Å². The van der Waals surface area contributed by atoms with Gasteiger partial charge in [0.2, 0.25) is 0 Å². The van der Waals surface area contributed by atoms with E-state index in [-0.39, 0.29) is 28.9 Å². The summed E-state index contributed by atoms with van der Waals surface area (Å²) in [6.45, 7) is 0.239. The van der Waals surface area contributed by atoms with Crippen LogP contribution in [0.4, 0.5) is 10.1 Å². The molecule has 1 heterocycles. The molecule has 4 nitrogen and oxygen atoms in total. The van der Waals surface area contributed by atoms with Gasteiger partial charge < -0.3 is 10.2 Å². The minimum atomic E-state index is -0.501. The van der Waals surface area contributed by atoms with Gasteiger partial charge in [0, 0.05) is 37.5 Å². The van der Waals surface area contributed by atoms with Gasteiger partial charge in [-0.2, -0.15) is 0 Å². The molecule has 5 rings (SSSR count). The minimum Gasteiger partial charge on any atom is -0.348 e. The van der Waals surface area contributed by atoms with Crippen LogP contribution in [0.1, 0.15) is 31.8 Å². The lowest BCUT2D eigenvalue weighted by Crippen LogP contribution is -2.31. The maximum Gasteiger partial charge on any atom is 0.259 e. The molecule has 36 heavy (non-hydrogen) atoms. The van der Waals surface area contributed by atoms with Crippen molar-refractivity contribution in [3.8, 4) is 0 Å². The highest BCUT2D eigenvalue weighted by atomic mass is 35.5. The van der Waals surface area contributed by atoms with Gasteiger partial charge in [0.1, 0.15) is 5.82 Å². The first kappa shape index (κ1) is 24.4. The summed E-state index contributed by atoms with van der Waals surface area (Å²) in [6.07, 6.45) is 0. The number of carbonyl (C=O) groups excluding carboxylic acids is 2. The van der Waals surface area contributed by atoms with Gasteiger partial charge in [-0.05, 0) is 60.2 Å². The van der Waals surface area contributed by atoms with Gasteiger partial charge in [-0.15, -0.1) is 0 Å². The molecule has 4 aromatic rings. The summed E-state index contributed by atoms with van der Waals surface area (Å²) in [5, 5.41) is 3.74. The number of fused-ring (bicyclic) bond motifs is 2. The molecule has 1 aliphatic heterocycles. The number of amides is 2. The number of anilines is 1. The first-order chi connectivity index (χ1) is 17.4. The Balaban J connectivity index is 1.51. The molecule has 0 bridgehead atoms. The van der Waals surface area contributed by atoms with Crippen molar-refractivity contribution in [2.45, 2.75) is 22.9 Å². The van der Waals surface area contributed by atoms with Crippen molar-refractivity contribution in [1.82, 2.24) is 5.32 Å². The molecule has 8 heteroatoms. The van der Waals surface area contributed by atoms with Gasteiger partial charge in [-0.1, -0.05) is 65.3 Å². The number of nitrogens with one attached hydrogen (secondary N) is 1. The van der Waals surface area contributed by atoms with Crippen molar-refractivity contribution < 1.29 is 14.0 Å². The quantitative estimate of drug-likeness (QED) is 0.289. The van der Waals surface area contributed by atoms with E-state index >= 15 is 0 Å². The SMILES string of the molecule is O=C(NCc1ccc(Cl)cc1)c1ccc2c(c1)N(Cc1c(F)cccc1Cl)C(=O)c1ccccc1S2. The third kappa shape index (κ3) is 4.98. The van der Waals surface area contributed by atoms with E-state index in [1.165, 1.54) is 28.8 Å². The zero-order valence-corrected chi connectivity index (χ0v) is 21.1. The zero-order valence-electron chi connectivity index (χ0n) is 18.8. The van der Waals surface area contributed by atoms with Crippen LogP contribution < -0.4 is 10.2 Å². The summed E-state index contributed by atoms with van der Waals surface area (Å²) < 4.78 is 14.7. The summed E-state index contributed by atoms with van der Waals surface area (Å²) >= 11 is 13.7. The summed E-state index contributed by atoms with van der Waals surface area (Å²) in [6, 6.07) is 24.1. The Morgan fingerprint density at radius 1 is 0.917 bits per heavy atom. The van der Waals surface area contributed by atoms with Crippen molar-refractivity contribution >= 4 is 52.5 Å². The zero-order chi connectivity index (χ0) is 25.2. The average molecular weight is 537 g/mol. The molecule has 0 saturated carbocycles. The molecule has 0 fully saturated rings. The second kappa shape index (κ2) is 10.3. The monoisotopic (exact) mass is 536 g/mol. The predicted molar refractivity (Wildman–Crippen MR) is 142 cm³/mol. The largest absolute Gasteiger partial charge is 0.348 e. The van der Waals surface area contributed by atoms with Crippen LogP contribution in [-0.4, -0.2) is 11.8 Å². The Labute approximate surface area is 222 Å². The van der Waals surface area contributed by atoms with Crippen LogP contribution in [0.25, 0.3) is 0 Å². The number of benzene rings is 4. The number of hydrogen-bond donors (Lipinski definition) is 1.